The maximum atomic E-state index is 14.4. The summed E-state index contributed by atoms with van der Waals surface area (Å²) < 4.78 is 40.3. The van der Waals surface area contributed by atoms with Crippen molar-refractivity contribution in [2.24, 2.45) is 41.4 Å². The number of nitriles is 2. The van der Waals surface area contributed by atoms with Gasteiger partial charge in [-0.05, 0) is 64.2 Å². The number of rotatable bonds is 13. The molecule has 0 N–H and O–H groups in total. The zero-order chi connectivity index (χ0) is 32.4. The van der Waals surface area contributed by atoms with Crippen LogP contribution in [0.5, 0.6) is 0 Å². The van der Waals surface area contributed by atoms with E-state index < -0.39 is 36.4 Å². The molecule has 246 valence electrons. The fourth-order valence-corrected chi connectivity index (χ4v) is 6.90. The van der Waals surface area contributed by atoms with Crippen LogP contribution in [0.4, 0.5) is 8.78 Å². The first-order valence-electron chi connectivity index (χ1n) is 17.4. The monoisotopic (exact) mass is 622 g/mol. The van der Waals surface area contributed by atoms with Crippen molar-refractivity contribution in [2.75, 3.05) is 0 Å². The van der Waals surface area contributed by atoms with Gasteiger partial charge in [0.15, 0.2) is 0 Å². The Balaban J connectivity index is 1.63. The molecule has 0 saturated heterocycles. The summed E-state index contributed by atoms with van der Waals surface area (Å²) >= 11 is 0. The van der Waals surface area contributed by atoms with E-state index in [-0.39, 0.29) is 42.5 Å². The molecule has 0 aliphatic heterocycles. The van der Waals surface area contributed by atoms with E-state index in [1.54, 1.807) is 0 Å². The Morgan fingerprint density at radius 1 is 0.756 bits per heavy atom. The Kier molecular flexibility index (Phi) is 16.3. The Bertz CT molecular complexity index is 1140. The van der Waals surface area contributed by atoms with E-state index in [0.717, 1.165) is 25.7 Å². The van der Waals surface area contributed by atoms with Gasteiger partial charge in [0.2, 0.25) is 6.29 Å². The van der Waals surface area contributed by atoms with Gasteiger partial charge in [-0.15, -0.1) is 0 Å². The molecule has 0 bridgehead atoms. The molecule has 3 aliphatic rings. The number of carbonyl (C=O) groups is 1. The highest BCUT2D eigenvalue weighted by Crippen LogP contribution is 2.37. The summed E-state index contributed by atoms with van der Waals surface area (Å²) in [5.74, 6) is 10.7. The Morgan fingerprint density at radius 3 is 1.76 bits per heavy atom. The van der Waals surface area contributed by atoms with E-state index in [1.165, 1.54) is 38.4 Å². The SMILES string of the molecule is C=COC(CCCCCCCCCC)OC(=O)C1CC(C#CC2CCC(C#N)C(F)C2)CCC1C#CC1CCC(C#N)C(F)C1. The molecule has 10 atom stereocenters. The molecule has 0 aromatic rings. The van der Waals surface area contributed by atoms with Gasteiger partial charge in [0.25, 0.3) is 0 Å². The van der Waals surface area contributed by atoms with Gasteiger partial charge in [0.1, 0.15) is 12.3 Å². The minimum atomic E-state index is -1.17. The van der Waals surface area contributed by atoms with E-state index in [9.17, 15) is 13.6 Å². The van der Waals surface area contributed by atoms with Gasteiger partial charge in [-0.3, -0.25) is 4.79 Å². The predicted molar refractivity (Wildman–Crippen MR) is 171 cm³/mol. The van der Waals surface area contributed by atoms with Gasteiger partial charge < -0.3 is 9.47 Å². The van der Waals surface area contributed by atoms with Crippen molar-refractivity contribution in [2.45, 2.75) is 141 Å². The zero-order valence-corrected chi connectivity index (χ0v) is 27.2. The van der Waals surface area contributed by atoms with E-state index in [1.807, 2.05) is 0 Å². The third-order valence-corrected chi connectivity index (χ3v) is 9.78. The minimum absolute atomic E-state index is 0.0416. The molecule has 0 amide bonds. The van der Waals surface area contributed by atoms with Crippen LogP contribution in [0.2, 0.25) is 0 Å². The second-order valence-corrected chi connectivity index (χ2v) is 13.3. The summed E-state index contributed by atoms with van der Waals surface area (Å²) in [7, 11) is 0. The Morgan fingerprint density at radius 2 is 1.24 bits per heavy atom. The van der Waals surface area contributed by atoms with Gasteiger partial charge in [0, 0.05) is 30.1 Å². The summed E-state index contributed by atoms with van der Waals surface area (Å²) in [6, 6.07) is 4.12. The summed E-state index contributed by atoms with van der Waals surface area (Å²) in [4.78, 5) is 13.6. The highest BCUT2D eigenvalue weighted by Gasteiger charge is 2.37. The first kappa shape index (κ1) is 36.4. The average molecular weight is 623 g/mol. The third kappa shape index (κ3) is 12.4. The highest BCUT2D eigenvalue weighted by molar-refractivity contribution is 5.73. The molecule has 3 rings (SSSR count). The molecule has 7 heteroatoms. The van der Waals surface area contributed by atoms with Crippen molar-refractivity contribution in [3.8, 4) is 35.8 Å². The maximum Gasteiger partial charge on any atom is 0.313 e. The van der Waals surface area contributed by atoms with Gasteiger partial charge in [-0.1, -0.05) is 82.1 Å². The van der Waals surface area contributed by atoms with Gasteiger partial charge >= 0.3 is 5.97 Å². The normalized spacial score (nSPS) is 31.8. The molecule has 10 unspecified atom stereocenters. The quantitative estimate of drug-likeness (QED) is 0.0673. The van der Waals surface area contributed by atoms with Gasteiger partial charge in [-0.2, -0.15) is 10.5 Å². The topological polar surface area (TPSA) is 83.1 Å². The van der Waals surface area contributed by atoms with Crippen molar-refractivity contribution < 1.29 is 23.0 Å². The van der Waals surface area contributed by atoms with E-state index >= 15 is 0 Å². The molecule has 3 aliphatic carbocycles. The third-order valence-electron chi connectivity index (χ3n) is 9.78. The number of esters is 1. The van der Waals surface area contributed by atoms with Crippen LogP contribution < -0.4 is 0 Å². The van der Waals surface area contributed by atoms with E-state index in [0.29, 0.717) is 44.9 Å². The summed E-state index contributed by atoms with van der Waals surface area (Å²) in [5.41, 5.74) is 0. The molecule has 5 nitrogen and oxygen atoms in total. The first-order valence-corrected chi connectivity index (χ1v) is 17.4. The van der Waals surface area contributed by atoms with Crippen LogP contribution in [0, 0.1) is 87.8 Å². The largest absolute Gasteiger partial charge is 0.463 e. The van der Waals surface area contributed by atoms with Crippen LogP contribution in [0.3, 0.4) is 0 Å². The molecule has 45 heavy (non-hydrogen) atoms. The molecule has 0 radical (unpaired) electrons. The number of unbranched alkanes of at least 4 members (excludes halogenated alkanes) is 7. The zero-order valence-electron chi connectivity index (χ0n) is 27.2. The van der Waals surface area contributed by atoms with Crippen LogP contribution in [-0.2, 0) is 14.3 Å². The average Bonchev–Trinajstić information content (AvgIpc) is 3.04. The number of hydrogen-bond donors (Lipinski definition) is 0. The summed E-state index contributed by atoms with van der Waals surface area (Å²) in [6.07, 6.45) is 13.1. The minimum Gasteiger partial charge on any atom is -0.463 e. The second kappa shape index (κ2) is 20.2. The Labute approximate surface area is 270 Å². The lowest BCUT2D eigenvalue weighted by molar-refractivity contribution is -0.177. The molecule has 0 heterocycles. The second-order valence-electron chi connectivity index (χ2n) is 13.3. The fraction of sp³-hybridized carbons (Fsp3) is 0.763. The van der Waals surface area contributed by atoms with Crippen molar-refractivity contribution in [1.82, 2.24) is 0 Å². The molecule has 3 fully saturated rings. The lowest BCUT2D eigenvalue weighted by atomic mass is 9.73. The summed E-state index contributed by atoms with van der Waals surface area (Å²) in [5, 5.41) is 18.3. The molecule has 0 aromatic carbocycles. The molecular formula is C38H52F2N2O3. The van der Waals surface area contributed by atoms with Crippen LogP contribution in [0.1, 0.15) is 122 Å². The van der Waals surface area contributed by atoms with Crippen LogP contribution in [-0.4, -0.2) is 24.6 Å². The smallest absolute Gasteiger partial charge is 0.313 e. The molecule has 3 saturated carbocycles. The Hall–Kier alpha value is -3.03. The number of ether oxygens (including phenoxy) is 2. The van der Waals surface area contributed by atoms with Crippen molar-refractivity contribution in [1.29, 1.82) is 10.5 Å². The van der Waals surface area contributed by atoms with Crippen LogP contribution in [0.15, 0.2) is 12.8 Å². The highest BCUT2D eigenvalue weighted by atomic mass is 19.1. The maximum absolute atomic E-state index is 14.4. The summed E-state index contributed by atoms with van der Waals surface area (Å²) in [6.45, 7) is 5.88. The molecule has 0 aromatic heterocycles. The first-order chi connectivity index (χ1) is 21.9. The predicted octanol–water partition coefficient (Wildman–Crippen LogP) is 9.14. The number of carbonyl (C=O) groups excluding carboxylic acids is 1. The van der Waals surface area contributed by atoms with Crippen molar-refractivity contribution in [3.05, 3.63) is 12.8 Å². The standard InChI is InChI=1S/C38H52F2N2O3/c1-3-5-6-7-8-9-10-11-12-37(44-4-2)45-38(43)34-23-28(13-14-29-17-21-32(26-41)35(39)24-29)15-19-31(34)20-16-30-18-22-33(27-42)36(40)25-30/h4,28-37H,2-3,5-12,15,17-19,21-25H2,1H3. The van der Waals surface area contributed by atoms with E-state index in [2.05, 4.69) is 49.3 Å². The fourth-order valence-electron chi connectivity index (χ4n) is 6.90. The van der Waals surface area contributed by atoms with Crippen LogP contribution in [0.25, 0.3) is 0 Å². The number of halogens is 2. The molecule has 0 spiro atoms. The van der Waals surface area contributed by atoms with Crippen LogP contribution >= 0.6 is 0 Å². The van der Waals surface area contributed by atoms with Gasteiger partial charge in [-0.25, -0.2) is 8.78 Å². The number of nitrogens with zero attached hydrogens (tertiary/aromatic N) is 2. The lowest BCUT2D eigenvalue weighted by Crippen LogP contribution is -2.34. The van der Waals surface area contributed by atoms with Crippen molar-refractivity contribution >= 4 is 5.97 Å². The van der Waals surface area contributed by atoms with E-state index in [4.69, 9.17) is 20.0 Å². The lowest BCUT2D eigenvalue weighted by Gasteiger charge is -2.31. The number of hydrogen-bond acceptors (Lipinski definition) is 5. The van der Waals surface area contributed by atoms with Crippen molar-refractivity contribution in [3.63, 3.8) is 0 Å². The van der Waals surface area contributed by atoms with Gasteiger partial charge in [0.05, 0.1) is 36.2 Å². The molecular weight excluding hydrogens is 570 g/mol. The number of alkyl halides is 2.